The zero-order valence-corrected chi connectivity index (χ0v) is 10.7. The van der Waals surface area contributed by atoms with Crippen LogP contribution in [0.5, 0.6) is 0 Å². The van der Waals surface area contributed by atoms with Gasteiger partial charge in [0.2, 0.25) is 0 Å². The number of hydrogen-bond acceptors (Lipinski definition) is 3. The molecule has 92 valence electrons. The van der Waals surface area contributed by atoms with Gasteiger partial charge in [0.25, 0.3) is 0 Å². The Balaban J connectivity index is 1.94. The van der Waals surface area contributed by atoms with Crippen molar-refractivity contribution in [1.82, 2.24) is 9.97 Å². The van der Waals surface area contributed by atoms with Gasteiger partial charge in [-0.3, -0.25) is 0 Å². The van der Waals surface area contributed by atoms with E-state index in [4.69, 9.17) is 17.3 Å². The van der Waals surface area contributed by atoms with Crippen molar-refractivity contribution in [2.75, 3.05) is 5.73 Å². The quantitative estimate of drug-likeness (QED) is 0.896. The van der Waals surface area contributed by atoms with E-state index < -0.39 is 0 Å². The van der Waals surface area contributed by atoms with Gasteiger partial charge in [0.15, 0.2) is 0 Å². The van der Waals surface area contributed by atoms with Crippen molar-refractivity contribution in [2.24, 2.45) is 0 Å². The molecule has 0 amide bonds. The Morgan fingerprint density at radius 1 is 1.11 bits per heavy atom. The number of nitrogen functional groups attached to an aromatic ring is 1. The van der Waals surface area contributed by atoms with Crippen LogP contribution in [0.15, 0.2) is 30.6 Å². The maximum absolute atomic E-state index is 6.12. The summed E-state index contributed by atoms with van der Waals surface area (Å²) in [5, 5.41) is 0.425. The van der Waals surface area contributed by atoms with Gasteiger partial charge in [-0.05, 0) is 24.3 Å². The van der Waals surface area contributed by atoms with E-state index in [1.165, 1.54) is 31.2 Å². The second-order valence-electron chi connectivity index (χ2n) is 4.67. The zero-order chi connectivity index (χ0) is 12.5. The molecule has 1 aromatic heterocycles. The van der Waals surface area contributed by atoms with Crippen LogP contribution in [0.1, 0.15) is 30.7 Å². The first-order valence-corrected chi connectivity index (χ1v) is 6.50. The van der Waals surface area contributed by atoms with Crippen molar-refractivity contribution in [1.29, 1.82) is 0 Å². The molecule has 18 heavy (non-hydrogen) atoms. The van der Waals surface area contributed by atoms with Gasteiger partial charge in [0.1, 0.15) is 17.2 Å². The molecule has 0 unspecified atom stereocenters. The van der Waals surface area contributed by atoms with Crippen LogP contribution in [0, 0.1) is 0 Å². The number of hydrogen-bond donors (Lipinski definition) is 1. The van der Waals surface area contributed by atoms with E-state index in [1.54, 1.807) is 0 Å². The molecule has 1 fully saturated rings. The molecule has 0 aliphatic heterocycles. The highest BCUT2D eigenvalue weighted by Crippen LogP contribution is 2.37. The molecule has 2 N–H and O–H groups in total. The Bertz CT molecular complexity index is 562. The Kier molecular flexibility index (Phi) is 2.92. The molecule has 4 heteroatoms. The standard InChI is InChI=1S/C14H14ClN3/c15-12-13(17-8-18-14(12)16)11-6-4-10(5-7-11)9-2-1-3-9/h4-9H,1-3H2,(H2,16,17,18). The van der Waals surface area contributed by atoms with Crippen molar-refractivity contribution in [3.63, 3.8) is 0 Å². The third-order valence-corrected chi connectivity index (χ3v) is 3.95. The molecule has 3 nitrogen and oxygen atoms in total. The summed E-state index contributed by atoms with van der Waals surface area (Å²) in [6.45, 7) is 0. The van der Waals surface area contributed by atoms with Crippen LogP contribution in [0.2, 0.25) is 5.02 Å². The van der Waals surface area contributed by atoms with E-state index in [-0.39, 0.29) is 0 Å². The largest absolute Gasteiger partial charge is 0.382 e. The average molecular weight is 260 g/mol. The SMILES string of the molecule is Nc1ncnc(-c2ccc(C3CCC3)cc2)c1Cl. The van der Waals surface area contributed by atoms with Gasteiger partial charge >= 0.3 is 0 Å². The highest BCUT2D eigenvalue weighted by molar-refractivity contribution is 6.35. The van der Waals surface area contributed by atoms with Gasteiger partial charge in [0, 0.05) is 5.56 Å². The zero-order valence-electron chi connectivity index (χ0n) is 9.94. The van der Waals surface area contributed by atoms with E-state index in [2.05, 4.69) is 34.2 Å². The molecule has 0 atom stereocenters. The van der Waals surface area contributed by atoms with Gasteiger partial charge < -0.3 is 5.73 Å². The highest BCUT2D eigenvalue weighted by atomic mass is 35.5. The van der Waals surface area contributed by atoms with Crippen molar-refractivity contribution in [2.45, 2.75) is 25.2 Å². The summed E-state index contributed by atoms with van der Waals surface area (Å²) in [6, 6.07) is 8.43. The first kappa shape index (κ1) is 11.5. The summed E-state index contributed by atoms with van der Waals surface area (Å²) >= 11 is 6.12. The van der Waals surface area contributed by atoms with Crippen LogP contribution < -0.4 is 5.73 Å². The normalized spacial score (nSPS) is 15.4. The lowest BCUT2D eigenvalue weighted by Gasteiger charge is -2.25. The van der Waals surface area contributed by atoms with Gasteiger partial charge in [-0.2, -0.15) is 0 Å². The van der Waals surface area contributed by atoms with Crippen LogP contribution in [-0.2, 0) is 0 Å². The van der Waals surface area contributed by atoms with Crippen molar-refractivity contribution in [3.8, 4) is 11.3 Å². The van der Waals surface area contributed by atoms with Crippen LogP contribution in [0.3, 0.4) is 0 Å². The minimum absolute atomic E-state index is 0.324. The number of aromatic nitrogens is 2. The molecule has 1 aromatic carbocycles. The predicted molar refractivity (Wildman–Crippen MR) is 73.5 cm³/mol. The number of nitrogens with two attached hydrogens (primary N) is 1. The lowest BCUT2D eigenvalue weighted by Crippen LogP contribution is -2.08. The third kappa shape index (κ3) is 1.95. The summed E-state index contributed by atoms with van der Waals surface area (Å²) in [7, 11) is 0. The van der Waals surface area contributed by atoms with Crippen LogP contribution in [0.25, 0.3) is 11.3 Å². The minimum Gasteiger partial charge on any atom is -0.382 e. The molecule has 0 bridgehead atoms. The monoisotopic (exact) mass is 259 g/mol. The second kappa shape index (κ2) is 4.58. The first-order valence-electron chi connectivity index (χ1n) is 6.12. The van der Waals surface area contributed by atoms with E-state index >= 15 is 0 Å². The summed E-state index contributed by atoms with van der Waals surface area (Å²) in [6.07, 6.45) is 5.40. The fourth-order valence-corrected chi connectivity index (χ4v) is 2.45. The summed E-state index contributed by atoms with van der Waals surface area (Å²) in [5.74, 6) is 1.06. The van der Waals surface area contributed by atoms with Crippen LogP contribution in [-0.4, -0.2) is 9.97 Å². The second-order valence-corrected chi connectivity index (χ2v) is 5.05. The van der Waals surface area contributed by atoms with E-state index in [0.717, 1.165) is 11.5 Å². The van der Waals surface area contributed by atoms with Crippen molar-refractivity contribution < 1.29 is 0 Å². The summed E-state index contributed by atoms with van der Waals surface area (Å²) in [5.41, 5.74) is 8.77. The average Bonchev–Trinajstić information content (AvgIpc) is 2.32. The number of nitrogens with zero attached hydrogens (tertiary/aromatic N) is 2. The van der Waals surface area contributed by atoms with Gasteiger partial charge in [-0.25, -0.2) is 9.97 Å². The molecule has 0 spiro atoms. The molecule has 1 saturated carbocycles. The third-order valence-electron chi connectivity index (χ3n) is 3.58. The molecule has 0 saturated heterocycles. The highest BCUT2D eigenvalue weighted by Gasteiger charge is 2.19. The molecular formula is C14H14ClN3. The molecule has 0 radical (unpaired) electrons. The number of halogens is 1. The molecule has 1 aliphatic rings. The van der Waals surface area contributed by atoms with Gasteiger partial charge in [-0.1, -0.05) is 42.3 Å². The van der Waals surface area contributed by atoms with Crippen molar-refractivity contribution in [3.05, 3.63) is 41.2 Å². The molecule has 3 rings (SSSR count). The molecule has 1 heterocycles. The van der Waals surface area contributed by atoms with E-state index in [9.17, 15) is 0 Å². The lowest BCUT2D eigenvalue weighted by molar-refractivity contribution is 0.420. The molecule has 2 aromatic rings. The molecular weight excluding hydrogens is 246 g/mol. The first-order chi connectivity index (χ1) is 8.75. The van der Waals surface area contributed by atoms with Crippen molar-refractivity contribution >= 4 is 17.4 Å². The number of anilines is 1. The number of benzene rings is 1. The lowest BCUT2D eigenvalue weighted by atomic mass is 9.80. The molecule has 1 aliphatic carbocycles. The summed E-state index contributed by atoms with van der Waals surface area (Å²) < 4.78 is 0. The maximum Gasteiger partial charge on any atom is 0.146 e. The topological polar surface area (TPSA) is 51.8 Å². The number of rotatable bonds is 2. The van der Waals surface area contributed by atoms with Gasteiger partial charge in [-0.15, -0.1) is 0 Å². The summed E-state index contributed by atoms with van der Waals surface area (Å²) in [4.78, 5) is 8.06. The fourth-order valence-electron chi connectivity index (χ4n) is 2.24. The van der Waals surface area contributed by atoms with Crippen LogP contribution >= 0.6 is 11.6 Å². The Labute approximate surface area is 111 Å². The fraction of sp³-hybridized carbons (Fsp3) is 0.286. The smallest absolute Gasteiger partial charge is 0.146 e. The van der Waals surface area contributed by atoms with E-state index in [0.29, 0.717) is 16.5 Å². The van der Waals surface area contributed by atoms with Gasteiger partial charge in [0.05, 0.1) is 5.69 Å². The maximum atomic E-state index is 6.12. The minimum atomic E-state index is 0.324. The Hall–Kier alpha value is -1.61. The van der Waals surface area contributed by atoms with Crippen LogP contribution in [0.4, 0.5) is 5.82 Å². The Morgan fingerprint density at radius 2 is 1.83 bits per heavy atom. The van der Waals surface area contributed by atoms with E-state index in [1.807, 2.05) is 0 Å². The Morgan fingerprint density at radius 3 is 2.44 bits per heavy atom. The predicted octanol–water partition coefficient (Wildman–Crippen LogP) is 3.65.